The van der Waals surface area contributed by atoms with Gasteiger partial charge in [0.25, 0.3) is 11.5 Å². The standard InChI is InChI=1S/C16H13N3O3/c1-10-8-14(20)19-15(17-10)11-4-2-5-12(9-11)18-16(21)13-6-3-7-22-13/h2-9H,1H3,(H,18,21)(H,17,19,20). The number of furan rings is 1. The van der Waals surface area contributed by atoms with Crippen molar-refractivity contribution in [1.29, 1.82) is 0 Å². The molecule has 2 aromatic heterocycles. The van der Waals surface area contributed by atoms with Crippen molar-refractivity contribution in [3.8, 4) is 11.4 Å². The van der Waals surface area contributed by atoms with Crippen LogP contribution >= 0.6 is 0 Å². The van der Waals surface area contributed by atoms with Crippen molar-refractivity contribution in [3.05, 3.63) is 70.5 Å². The maximum atomic E-state index is 12.0. The largest absolute Gasteiger partial charge is 0.459 e. The second-order valence-electron chi connectivity index (χ2n) is 4.75. The summed E-state index contributed by atoms with van der Waals surface area (Å²) in [5.74, 6) is 0.347. The van der Waals surface area contributed by atoms with Crippen LogP contribution in [0.3, 0.4) is 0 Å². The molecule has 3 rings (SSSR count). The molecule has 110 valence electrons. The zero-order valence-electron chi connectivity index (χ0n) is 11.8. The van der Waals surface area contributed by atoms with E-state index in [9.17, 15) is 9.59 Å². The van der Waals surface area contributed by atoms with Gasteiger partial charge in [0.05, 0.1) is 6.26 Å². The molecule has 22 heavy (non-hydrogen) atoms. The van der Waals surface area contributed by atoms with Crippen LogP contribution in [-0.4, -0.2) is 15.9 Å². The number of hydrogen-bond acceptors (Lipinski definition) is 4. The molecular formula is C16H13N3O3. The van der Waals surface area contributed by atoms with E-state index < -0.39 is 0 Å². The molecule has 0 unspecified atom stereocenters. The molecule has 2 heterocycles. The van der Waals surface area contributed by atoms with Crippen molar-refractivity contribution in [2.24, 2.45) is 0 Å². The maximum Gasteiger partial charge on any atom is 0.291 e. The van der Waals surface area contributed by atoms with Crippen LogP contribution in [0.2, 0.25) is 0 Å². The first kappa shape index (κ1) is 13.8. The lowest BCUT2D eigenvalue weighted by molar-refractivity contribution is 0.0996. The molecule has 0 radical (unpaired) electrons. The van der Waals surface area contributed by atoms with Gasteiger partial charge in [-0.15, -0.1) is 0 Å². The van der Waals surface area contributed by atoms with Gasteiger partial charge in [0.2, 0.25) is 0 Å². The van der Waals surface area contributed by atoms with Gasteiger partial charge in [-0.25, -0.2) is 4.98 Å². The summed E-state index contributed by atoms with van der Waals surface area (Å²) in [7, 11) is 0. The summed E-state index contributed by atoms with van der Waals surface area (Å²) in [6.07, 6.45) is 1.44. The Bertz CT molecular complexity index is 866. The number of carbonyl (C=O) groups excluding carboxylic acids is 1. The smallest absolute Gasteiger partial charge is 0.291 e. The third-order valence-corrected chi connectivity index (χ3v) is 3.01. The Balaban J connectivity index is 1.89. The van der Waals surface area contributed by atoms with Crippen molar-refractivity contribution < 1.29 is 9.21 Å². The molecule has 0 spiro atoms. The molecule has 0 saturated carbocycles. The number of nitrogens with zero attached hydrogens (tertiary/aromatic N) is 1. The molecule has 6 nitrogen and oxygen atoms in total. The van der Waals surface area contributed by atoms with Crippen molar-refractivity contribution >= 4 is 11.6 Å². The fourth-order valence-electron chi connectivity index (χ4n) is 2.06. The number of nitrogens with one attached hydrogen (secondary N) is 2. The van der Waals surface area contributed by atoms with Crippen molar-refractivity contribution in [2.75, 3.05) is 5.32 Å². The number of hydrogen-bond donors (Lipinski definition) is 2. The van der Waals surface area contributed by atoms with Crippen LogP contribution in [0.5, 0.6) is 0 Å². The fraction of sp³-hybridized carbons (Fsp3) is 0.0625. The summed E-state index contributed by atoms with van der Waals surface area (Å²) < 4.78 is 5.04. The van der Waals surface area contributed by atoms with Crippen LogP contribution in [0, 0.1) is 6.92 Å². The number of aryl methyl sites for hydroxylation is 1. The normalized spacial score (nSPS) is 10.4. The second-order valence-corrected chi connectivity index (χ2v) is 4.75. The van der Waals surface area contributed by atoms with Gasteiger partial charge in [0.1, 0.15) is 5.82 Å². The highest BCUT2D eigenvalue weighted by Crippen LogP contribution is 2.19. The topological polar surface area (TPSA) is 88.0 Å². The van der Waals surface area contributed by atoms with Crippen LogP contribution < -0.4 is 10.9 Å². The quantitative estimate of drug-likeness (QED) is 0.777. The molecule has 0 aliphatic heterocycles. The molecule has 0 bridgehead atoms. The predicted molar refractivity (Wildman–Crippen MR) is 81.7 cm³/mol. The number of carbonyl (C=O) groups is 1. The van der Waals surface area contributed by atoms with Crippen molar-refractivity contribution in [2.45, 2.75) is 6.92 Å². The monoisotopic (exact) mass is 295 g/mol. The highest BCUT2D eigenvalue weighted by Gasteiger charge is 2.09. The molecular weight excluding hydrogens is 282 g/mol. The summed E-state index contributed by atoms with van der Waals surface area (Å²) in [5.41, 5.74) is 1.71. The third kappa shape index (κ3) is 2.95. The van der Waals surface area contributed by atoms with Gasteiger partial charge < -0.3 is 14.7 Å². The Hall–Kier alpha value is -3.15. The summed E-state index contributed by atoms with van der Waals surface area (Å²) in [6, 6.07) is 11.7. The Morgan fingerprint density at radius 1 is 1.23 bits per heavy atom. The number of aromatic nitrogens is 2. The number of H-pyrrole nitrogens is 1. The number of rotatable bonds is 3. The zero-order chi connectivity index (χ0) is 15.5. The summed E-state index contributed by atoms with van der Waals surface area (Å²) >= 11 is 0. The first-order chi connectivity index (χ1) is 10.6. The van der Waals surface area contributed by atoms with E-state index in [0.717, 1.165) is 0 Å². The number of anilines is 1. The first-order valence-corrected chi connectivity index (χ1v) is 6.65. The predicted octanol–water partition coefficient (Wildman–Crippen LogP) is 2.59. The Morgan fingerprint density at radius 2 is 2.09 bits per heavy atom. The van der Waals surface area contributed by atoms with Gasteiger partial charge in [-0.05, 0) is 31.2 Å². The Labute approximate surface area is 125 Å². The van der Waals surface area contributed by atoms with E-state index in [0.29, 0.717) is 22.8 Å². The van der Waals surface area contributed by atoms with Gasteiger partial charge in [-0.3, -0.25) is 9.59 Å². The van der Waals surface area contributed by atoms with Gasteiger partial charge in [-0.2, -0.15) is 0 Å². The average molecular weight is 295 g/mol. The number of aromatic amines is 1. The molecule has 0 saturated heterocycles. The van der Waals surface area contributed by atoms with E-state index in [1.807, 2.05) is 0 Å². The Morgan fingerprint density at radius 3 is 2.82 bits per heavy atom. The van der Waals surface area contributed by atoms with E-state index in [1.165, 1.54) is 12.3 Å². The van der Waals surface area contributed by atoms with Gasteiger partial charge in [-0.1, -0.05) is 12.1 Å². The molecule has 0 fully saturated rings. The minimum absolute atomic E-state index is 0.215. The summed E-state index contributed by atoms with van der Waals surface area (Å²) in [5, 5.41) is 2.73. The SMILES string of the molecule is Cc1cc(=O)[nH]c(-c2cccc(NC(=O)c3ccco3)c2)n1. The molecule has 2 N–H and O–H groups in total. The third-order valence-electron chi connectivity index (χ3n) is 3.01. The Kier molecular flexibility index (Phi) is 3.57. The van der Waals surface area contributed by atoms with Crippen molar-refractivity contribution in [3.63, 3.8) is 0 Å². The lowest BCUT2D eigenvalue weighted by atomic mass is 10.2. The summed E-state index contributed by atoms with van der Waals surface area (Å²) in [6.45, 7) is 1.75. The van der Waals surface area contributed by atoms with E-state index >= 15 is 0 Å². The van der Waals surface area contributed by atoms with E-state index in [2.05, 4.69) is 15.3 Å². The average Bonchev–Trinajstić information content (AvgIpc) is 3.01. The van der Waals surface area contributed by atoms with Crippen molar-refractivity contribution in [1.82, 2.24) is 9.97 Å². The van der Waals surface area contributed by atoms with Crippen LogP contribution in [0.1, 0.15) is 16.2 Å². The first-order valence-electron chi connectivity index (χ1n) is 6.65. The minimum Gasteiger partial charge on any atom is -0.459 e. The van der Waals surface area contributed by atoms with Gasteiger partial charge in [0, 0.05) is 23.0 Å². The molecule has 1 aromatic carbocycles. The maximum absolute atomic E-state index is 12.0. The van der Waals surface area contributed by atoms with Crippen LogP contribution in [0.15, 0.2) is 57.9 Å². The lowest BCUT2D eigenvalue weighted by Gasteiger charge is -2.06. The van der Waals surface area contributed by atoms with Gasteiger partial charge >= 0.3 is 0 Å². The zero-order valence-corrected chi connectivity index (χ0v) is 11.8. The highest BCUT2D eigenvalue weighted by molar-refractivity contribution is 6.02. The lowest BCUT2D eigenvalue weighted by Crippen LogP contribution is -2.11. The van der Waals surface area contributed by atoms with E-state index in [4.69, 9.17) is 4.42 Å². The van der Waals surface area contributed by atoms with Crippen LogP contribution in [0.25, 0.3) is 11.4 Å². The molecule has 0 aliphatic rings. The fourth-order valence-corrected chi connectivity index (χ4v) is 2.06. The molecule has 0 atom stereocenters. The van der Waals surface area contributed by atoms with Crippen LogP contribution in [-0.2, 0) is 0 Å². The second kappa shape index (κ2) is 5.69. The summed E-state index contributed by atoms with van der Waals surface area (Å²) in [4.78, 5) is 30.4. The number of benzene rings is 1. The van der Waals surface area contributed by atoms with E-state index in [-0.39, 0.29) is 17.2 Å². The number of amides is 1. The molecule has 0 aliphatic carbocycles. The molecule has 6 heteroatoms. The van der Waals surface area contributed by atoms with Gasteiger partial charge in [0.15, 0.2) is 5.76 Å². The van der Waals surface area contributed by atoms with Crippen LogP contribution in [0.4, 0.5) is 5.69 Å². The molecule has 3 aromatic rings. The minimum atomic E-state index is -0.340. The molecule has 1 amide bonds. The highest BCUT2D eigenvalue weighted by atomic mass is 16.3. The van der Waals surface area contributed by atoms with E-state index in [1.54, 1.807) is 43.3 Å².